The molecule has 2 unspecified atom stereocenters. The lowest BCUT2D eigenvalue weighted by Crippen LogP contribution is -2.28. The van der Waals surface area contributed by atoms with Crippen LogP contribution in [-0.4, -0.2) is 15.7 Å². The highest BCUT2D eigenvalue weighted by molar-refractivity contribution is 5.92. The van der Waals surface area contributed by atoms with Gasteiger partial charge in [0.25, 0.3) is 5.91 Å². The second-order valence-corrected chi connectivity index (χ2v) is 7.50. The number of halogens is 2. The first kappa shape index (κ1) is 22.5. The van der Waals surface area contributed by atoms with Crippen LogP contribution in [0.2, 0.25) is 0 Å². The van der Waals surface area contributed by atoms with Crippen molar-refractivity contribution in [2.24, 2.45) is 0 Å². The molecule has 0 fully saturated rings. The van der Waals surface area contributed by atoms with Crippen molar-refractivity contribution >= 4 is 5.91 Å². The van der Waals surface area contributed by atoms with E-state index < -0.39 is 11.6 Å². The van der Waals surface area contributed by atoms with E-state index in [1.54, 1.807) is 12.3 Å². The summed E-state index contributed by atoms with van der Waals surface area (Å²) in [7, 11) is 0. The van der Waals surface area contributed by atoms with Gasteiger partial charge in [0.2, 0.25) is 0 Å². The van der Waals surface area contributed by atoms with Crippen LogP contribution < -0.4 is 10.1 Å². The molecule has 0 spiro atoms. The fourth-order valence-corrected chi connectivity index (χ4v) is 3.23. The molecule has 0 saturated carbocycles. The topological polar surface area (TPSA) is 56.2 Å². The van der Waals surface area contributed by atoms with Gasteiger partial charge in [0.15, 0.2) is 18.3 Å². The summed E-state index contributed by atoms with van der Waals surface area (Å²) < 4.78 is 33.3. The minimum Gasteiger partial charge on any atom is -0.468 e. The van der Waals surface area contributed by atoms with Crippen molar-refractivity contribution in [1.82, 2.24) is 15.1 Å². The third kappa shape index (κ3) is 5.69. The molecule has 2 aromatic carbocycles. The fraction of sp³-hybridized carbons (Fsp3) is 0.333. The van der Waals surface area contributed by atoms with Crippen molar-refractivity contribution in [2.45, 2.75) is 52.3 Å². The molecular weight excluding hydrogens is 400 g/mol. The van der Waals surface area contributed by atoms with Gasteiger partial charge in [-0.25, -0.2) is 13.5 Å². The number of carbonyl (C=O) groups is 1. The summed E-state index contributed by atoms with van der Waals surface area (Å²) in [4.78, 5) is 12.7. The zero-order valence-corrected chi connectivity index (χ0v) is 17.9. The minimum atomic E-state index is -0.796. The number of rotatable bonds is 9. The molecule has 0 radical (unpaired) electrons. The van der Waals surface area contributed by atoms with E-state index >= 15 is 0 Å². The molecule has 0 aliphatic rings. The van der Waals surface area contributed by atoms with Gasteiger partial charge in [0, 0.05) is 12.3 Å². The molecule has 1 aromatic heterocycles. The first-order valence-corrected chi connectivity index (χ1v) is 10.4. The summed E-state index contributed by atoms with van der Waals surface area (Å²) in [6.07, 6.45) is 3.38. The molecular formula is C24H27F2N3O2. The van der Waals surface area contributed by atoms with Gasteiger partial charge in [-0.3, -0.25) is 4.79 Å². The second kappa shape index (κ2) is 10.2. The average Bonchev–Trinajstić information content (AvgIpc) is 3.25. The zero-order chi connectivity index (χ0) is 22.4. The van der Waals surface area contributed by atoms with Gasteiger partial charge in [-0.2, -0.15) is 5.10 Å². The van der Waals surface area contributed by atoms with E-state index in [2.05, 4.69) is 48.5 Å². The molecule has 164 valence electrons. The second-order valence-electron chi connectivity index (χ2n) is 7.50. The van der Waals surface area contributed by atoms with Crippen LogP contribution in [0.4, 0.5) is 8.78 Å². The number of hydrogen-bond donors (Lipinski definition) is 1. The van der Waals surface area contributed by atoms with Crippen molar-refractivity contribution in [3.8, 4) is 5.75 Å². The average molecular weight is 427 g/mol. The van der Waals surface area contributed by atoms with Crippen LogP contribution in [0, 0.1) is 11.6 Å². The molecule has 2 atom stereocenters. The van der Waals surface area contributed by atoms with Crippen molar-refractivity contribution in [3.63, 3.8) is 0 Å². The molecule has 0 aliphatic carbocycles. The number of hydrogen-bond acceptors (Lipinski definition) is 3. The Hall–Kier alpha value is -3.22. The normalized spacial score (nSPS) is 12.9. The van der Waals surface area contributed by atoms with Crippen molar-refractivity contribution in [3.05, 3.63) is 83.2 Å². The summed E-state index contributed by atoms with van der Waals surface area (Å²) in [5.41, 5.74) is 2.55. The maximum absolute atomic E-state index is 13.7. The molecule has 3 aromatic rings. The summed E-state index contributed by atoms with van der Waals surface area (Å²) in [6, 6.07) is 12.8. The smallest absolute Gasteiger partial charge is 0.272 e. The number of nitrogens with one attached hydrogen (secondary N) is 1. The fourth-order valence-electron chi connectivity index (χ4n) is 3.23. The highest BCUT2D eigenvalue weighted by Gasteiger charge is 2.17. The van der Waals surface area contributed by atoms with Gasteiger partial charge in [0.1, 0.15) is 11.5 Å². The van der Waals surface area contributed by atoms with Gasteiger partial charge < -0.3 is 10.1 Å². The molecule has 1 heterocycles. The van der Waals surface area contributed by atoms with Gasteiger partial charge in [-0.05, 0) is 48.1 Å². The van der Waals surface area contributed by atoms with Gasteiger partial charge >= 0.3 is 0 Å². The zero-order valence-electron chi connectivity index (χ0n) is 17.9. The molecule has 31 heavy (non-hydrogen) atoms. The number of carbonyl (C=O) groups excluding carboxylic acids is 1. The predicted molar refractivity (Wildman–Crippen MR) is 115 cm³/mol. The van der Waals surface area contributed by atoms with Crippen molar-refractivity contribution in [2.75, 3.05) is 0 Å². The van der Waals surface area contributed by atoms with Crippen LogP contribution >= 0.6 is 0 Å². The largest absolute Gasteiger partial charge is 0.468 e. The Kier molecular flexibility index (Phi) is 7.39. The van der Waals surface area contributed by atoms with Crippen molar-refractivity contribution in [1.29, 1.82) is 0 Å². The Labute approximate surface area is 181 Å². The van der Waals surface area contributed by atoms with Gasteiger partial charge in [-0.1, -0.05) is 45.0 Å². The van der Waals surface area contributed by atoms with Crippen LogP contribution in [0.25, 0.3) is 0 Å². The van der Waals surface area contributed by atoms with E-state index in [-0.39, 0.29) is 30.1 Å². The first-order valence-electron chi connectivity index (χ1n) is 10.4. The van der Waals surface area contributed by atoms with Gasteiger partial charge in [-0.15, -0.1) is 0 Å². The molecule has 3 rings (SSSR count). The number of benzene rings is 2. The van der Waals surface area contributed by atoms with E-state index in [9.17, 15) is 13.6 Å². The van der Waals surface area contributed by atoms with Crippen LogP contribution in [0.1, 0.15) is 67.2 Å². The van der Waals surface area contributed by atoms with E-state index in [4.69, 9.17) is 4.74 Å². The number of amides is 1. The summed E-state index contributed by atoms with van der Waals surface area (Å²) in [5, 5.41) is 7.19. The lowest BCUT2D eigenvalue weighted by molar-refractivity contribution is 0.0928. The molecule has 0 saturated heterocycles. The van der Waals surface area contributed by atoms with Crippen molar-refractivity contribution < 1.29 is 18.3 Å². The molecule has 0 aliphatic heterocycles. The number of aromatic nitrogens is 2. The van der Waals surface area contributed by atoms with Crippen LogP contribution in [-0.2, 0) is 6.73 Å². The van der Waals surface area contributed by atoms with Crippen LogP contribution in [0.15, 0.2) is 54.7 Å². The highest BCUT2D eigenvalue weighted by atomic mass is 19.1. The first-order chi connectivity index (χ1) is 14.9. The SMILES string of the molecule is CCC(C)c1ccc(C(CC)NC(=O)c2ccn(COc3ccc(F)cc3F)n2)cc1. The minimum absolute atomic E-state index is 0.0882. The number of nitrogens with zero attached hydrogens (tertiary/aromatic N) is 2. The predicted octanol–water partition coefficient (Wildman–Crippen LogP) is 5.59. The summed E-state index contributed by atoms with van der Waals surface area (Å²) in [5.74, 6) is -1.37. The molecule has 7 heteroatoms. The Morgan fingerprint density at radius 1 is 1.06 bits per heavy atom. The third-order valence-corrected chi connectivity index (χ3v) is 5.35. The van der Waals surface area contributed by atoms with E-state index in [0.717, 1.165) is 30.5 Å². The van der Waals surface area contributed by atoms with Crippen LogP contribution in [0.3, 0.4) is 0 Å². The molecule has 1 amide bonds. The summed E-state index contributed by atoms with van der Waals surface area (Å²) in [6.45, 7) is 6.26. The Morgan fingerprint density at radius 3 is 2.42 bits per heavy atom. The quantitative estimate of drug-likeness (QED) is 0.484. The third-order valence-electron chi connectivity index (χ3n) is 5.35. The standard InChI is InChI=1S/C24H27F2N3O2/c1-4-16(3)17-6-8-18(9-7-17)21(5-2)27-24(30)22-12-13-29(28-22)15-31-23-11-10-19(25)14-20(23)26/h6-14,16,21H,4-5,15H2,1-3H3,(H,27,30). The maximum atomic E-state index is 13.7. The van der Waals surface area contributed by atoms with Crippen LogP contribution in [0.5, 0.6) is 5.75 Å². The van der Waals surface area contributed by atoms with E-state index in [1.807, 2.05) is 6.92 Å². The Balaban J connectivity index is 1.61. The van der Waals surface area contributed by atoms with E-state index in [0.29, 0.717) is 5.92 Å². The highest BCUT2D eigenvalue weighted by Crippen LogP contribution is 2.23. The molecule has 1 N–H and O–H groups in total. The van der Waals surface area contributed by atoms with Gasteiger partial charge in [0.05, 0.1) is 6.04 Å². The summed E-state index contributed by atoms with van der Waals surface area (Å²) >= 11 is 0. The monoisotopic (exact) mass is 427 g/mol. The maximum Gasteiger partial charge on any atom is 0.272 e. The lowest BCUT2D eigenvalue weighted by Gasteiger charge is -2.18. The Bertz CT molecular complexity index is 1020. The molecule has 5 nitrogen and oxygen atoms in total. The molecule has 0 bridgehead atoms. The lowest BCUT2D eigenvalue weighted by atomic mass is 9.95. The van der Waals surface area contributed by atoms with E-state index in [1.165, 1.54) is 16.3 Å². The Morgan fingerprint density at radius 2 is 1.77 bits per heavy atom. The number of ether oxygens (including phenoxy) is 1.